The number of aryl methyl sites for hydroxylation is 1. The molecule has 0 aromatic heterocycles. The fourth-order valence-electron chi connectivity index (χ4n) is 3.02. The molecule has 0 unspecified atom stereocenters. The van der Waals surface area contributed by atoms with E-state index in [0.29, 0.717) is 19.6 Å². The molecule has 28 heavy (non-hydrogen) atoms. The molecule has 1 N–H and O–H groups in total. The average molecular weight is 406 g/mol. The van der Waals surface area contributed by atoms with Gasteiger partial charge in [0.05, 0.1) is 26.0 Å². The lowest BCUT2D eigenvalue weighted by Gasteiger charge is -2.18. The topological polar surface area (TPSA) is 65.0 Å². The van der Waals surface area contributed by atoms with Gasteiger partial charge in [0.2, 0.25) is 0 Å². The quantitative estimate of drug-likeness (QED) is 0.504. The molecule has 5 nitrogen and oxygen atoms in total. The highest BCUT2D eigenvalue weighted by Crippen LogP contribution is 2.51. The third-order valence-corrected chi connectivity index (χ3v) is 6.38. The molecule has 0 fully saturated rings. The van der Waals surface area contributed by atoms with Crippen molar-refractivity contribution in [3.8, 4) is 5.75 Å². The van der Waals surface area contributed by atoms with Crippen molar-refractivity contribution in [2.75, 3.05) is 26.4 Å². The van der Waals surface area contributed by atoms with Gasteiger partial charge in [0.1, 0.15) is 12.4 Å². The summed E-state index contributed by atoms with van der Waals surface area (Å²) in [7, 11) is -3.17. The first-order valence-electron chi connectivity index (χ1n) is 9.85. The molecule has 0 spiro atoms. The Labute approximate surface area is 168 Å². The SMILES string of the molecule is CCOP(=O)(Cc1ccc(OCCO)c(Cc2ccc(CC)cc2)c1)OCC. The van der Waals surface area contributed by atoms with Crippen LogP contribution in [0.4, 0.5) is 0 Å². The second-order valence-electron chi connectivity index (χ2n) is 6.47. The van der Waals surface area contributed by atoms with Crippen LogP contribution >= 0.6 is 7.60 Å². The Morgan fingerprint density at radius 2 is 1.50 bits per heavy atom. The van der Waals surface area contributed by atoms with Crippen LogP contribution < -0.4 is 4.74 Å². The van der Waals surface area contributed by atoms with Crippen molar-refractivity contribution in [3.05, 3.63) is 64.7 Å². The lowest BCUT2D eigenvalue weighted by molar-refractivity contribution is 0.200. The molecule has 2 aromatic rings. The van der Waals surface area contributed by atoms with Crippen molar-refractivity contribution < 1.29 is 23.5 Å². The highest BCUT2D eigenvalue weighted by Gasteiger charge is 2.24. The summed E-state index contributed by atoms with van der Waals surface area (Å²) in [5.74, 6) is 0.722. The van der Waals surface area contributed by atoms with Gasteiger partial charge in [-0.2, -0.15) is 0 Å². The highest BCUT2D eigenvalue weighted by molar-refractivity contribution is 7.53. The Morgan fingerprint density at radius 3 is 2.07 bits per heavy atom. The maximum absolute atomic E-state index is 12.9. The Kier molecular flexibility index (Phi) is 9.20. The Hall–Kier alpha value is -1.65. The van der Waals surface area contributed by atoms with Crippen molar-refractivity contribution in [1.82, 2.24) is 0 Å². The van der Waals surface area contributed by atoms with Gasteiger partial charge in [-0.1, -0.05) is 43.3 Å². The van der Waals surface area contributed by atoms with E-state index in [1.165, 1.54) is 11.1 Å². The average Bonchev–Trinajstić information content (AvgIpc) is 2.68. The molecule has 154 valence electrons. The van der Waals surface area contributed by atoms with Crippen LogP contribution in [-0.2, 0) is 32.6 Å². The lowest BCUT2D eigenvalue weighted by atomic mass is 10.0. The summed E-state index contributed by atoms with van der Waals surface area (Å²) >= 11 is 0. The summed E-state index contributed by atoms with van der Waals surface area (Å²) in [5, 5.41) is 9.10. The van der Waals surface area contributed by atoms with Gasteiger partial charge < -0.3 is 18.9 Å². The van der Waals surface area contributed by atoms with Gasteiger partial charge in [0.25, 0.3) is 0 Å². The molecule has 0 saturated carbocycles. The second-order valence-corrected chi connectivity index (χ2v) is 8.52. The van der Waals surface area contributed by atoms with Gasteiger partial charge in [-0.25, -0.2) is 0 Å². The Bertz CT molecular complexity index is 763. The second kappa shape index (κ2) is 11.4. The summed E-state index contributed by atoms with van der Waals surface area (Å²) in [6.07, 6.45) is 1.91. The normalized spacial score (nSPS) is 11.6. The van der Waals surface area contributed by atoms with Crippen LogP contribution in [0, 0.1) is 0 Å². The largest absolute Gasteiger partial charge is 0.491 e. The van der Waals surface area contributed by atoms with Crippen molar-refractivity contribution >= 4 is 7.60 Å². The van der Waals surface area contributed by atoms with E-state index in [0.717, 1.165) is 23.3 Å². The van der Waals surface area contributed by atoms with E-state index in [1.54, 1.807) is 0 Å². The van der Waals surface area contributed by atoms with Gasteiger partial charge in [0, 0.05) is 6.42 Å². The fourth-order valence-corrected chi connectivity index (χ4v) is 4.71. The number of hydrogen-bond donors (Lipinski definition) is 1. The Balaban J connectivity index is 2.28. The van der Waals surface area contributed by atoms with Crippen LogP contribution in [0.2, 0.25) is 0 Å². The number of benzene rings is 2. The molecule has 2 rings (SSSR count). The summed E-state index contributed by atoms with van der Waals surface area (Å²) in [4.78, 5) is 0. The van der Waals surface area contributed by atoms with E-state index in [4.69, 9.17) is 18.9 Å². The molecule has 2 aromatic carbocycles. The Morgan fingerprint density at radius 1 is 0.893 bits per heavy atom. The molecule has 0 aliphatic rings. The highest BCUT2D eigenvalue weighted by atomic mass is 31.2. The van der Waals surface area contributed by atoms with Gasteiger partial charge in [-0.05, 0) is 48.6 Å². The molecule has 0 heterocycles. The van der Waals surface area contributed by atoms with Gasteiger partial charge in [0.15, 0.2) is 0 Å². The summed E-state index contributed by atoms with van der Waals surface area (Å²) in [6, 6.07) is 14.2. The van der Waals surface area contributed by atoms with Crippen LogP contribution in [0.3, 0.4) is 0 Å². The molecule has 0 radical (unpaired) electrons. The van der Waals surface area contributed by atoms with Crippen molar-refractivity contribution in [2.45, 2.75) is 39.8 Å². The van der Waals surface area contributed by atoms with E-state index in [-0.39, 0.29) is 19.4 Å². The van der Waals surface area contributed by atoms with Gasteiger partial charge >= 0.3 is 7.60 Å². The summed E-state index contributed by atoms with van der Waals surface area (Å²) in [6.45, 7) is 6.62. The molecule has 0 aliphatic carbocycles. The molecule has 6 heteroatoms. The summed E-state index contributed by atoms with van der Waals surface area (Å²) < 4.78 is 29.4. The van der Waals surface area contributed by atoms with Crippen LogP contribution in [0.5, 0.6) is 5.75 Å². The molecule has 0 amide bonds. The third-order valence-electron chi connectivity index (χ3n) is 4.33. The maximum Gasteiger partial charge on any atom is 0.335 e. The van der Waals surface area contributed by atoms with Crippen LogP contribution in [0.25, 0.3) is 0 Å². The van der Waals surface area contributed by atoms with Crippen molar-refractivity contribution in [3.63, 3.8) is 0 Å². The van der Waals surface area contributed by atoms with Gasteiger partial charge in [-0.15, -0.1) is 0 Å². The van der Waals surface area contributed by atoms with Crippen molar-refractivity contribution in [1.29, 1.82) is 0 Å². The minimum Gasteiger partial charge on any atom is -0.491 e. The van der Waals surface area contributed by atoms with E-state index < -0.39 is 7.60 Å². The molecular formula is C22H31O5P. The molecule has 0 bridgehead atoms. The standard InChI is InChI=1S/C22H31O5P/c1-4-18-7-9-19(10-8-18)15-21-16-20(11-12-22(21)25-14-13-23)17-28(24,26-5-2)27-6-3/h7-12,16,23H,4-6,13-15,17H2,1-3H3. The van der Waals surface area contributed by atoms with E-state index >= 15 is 0 Å². The van der Waals surface area contributed by atoms with Crippen LogP contribution in [0.15, 0.2) is 42.5 Å². The third kappa shape index (κ3) is 6.75. The van der Waals surface area contributed by atoms with E-state index in [9.17, 15) is 4.57 Å². The fraction of sp³-hybridized carbons (Fsp3) is 0.455. The zero-order chi connectivity index (χ0) is 20.4. The first kappa shape index (κ1) is 22.6. The zero-order valence-corrected chi connectivity index (χ0v) is 17.9. The predicted octanol–water partition coefficient (Wildman–Crippen LogP) is 4.98. The zero-order valence-electron chi connectivity index (χ0n) is 17.0. The minimum absolute atomic E-state index is 0.0454. The number of ether oxygens (including phenoxy) is 1. The predicted molar refractivity (Wildman–Crippen MR) is 112 cm³/mol. The van der Waals surface area contributed by atoms with E-state index in [2.05, 4.69) is 31.2 Å². The smallest absolute Gasteiger partial charge is 0.335 e. The number of aliphatic hydroxyl groups is 1. The first-order valence-corrected chi connectivity index (χ1v) is 11.6. The minimum atomic E-state index is -3.17. The van der Waals surface area contributed by atoms with Crippen molar-refractivity contribution in [2.24, 2.45) is 0 Å². The molecule has 0 aliphatic heterocycles. The molecule has 0 saturated heterocycles. The lowest BCUT2D eigenvalue weighted by Crippen LogP contribution is -2.05. The maximum atomic E-state index is 12.9. The number of hydrogen-bond acceptors (Lipinski definition) is 5. The van der Waals surface area contributed by atoms with E-state index in [1.807, 2.05) is 32.0 Å². The first-order chi connectivity index (χ1) is 13.5. The van der Waals surface area contributed by atoms with Crippen LogP contribution in [0.1, 0.15) is 43.0 Å². The molecule has 0 atom stereocenters. The molecular weight excluding hydrogens is 375 g/mol. The van der Waals surface area contributed by atoms with Gasteiger partial charge in [-0.3, -0.25) is 4.57 Å². The summed E-state index contributed by atoms with van der Waals surface area (Å²) in [5.41, 5.74) is 4.32. The monoisotopic (exact) mass is 406 g/mol. The number of rotatable bonds is 12. The number of aliphatic hydroxyl groups excluding tert-OH is 1. The van der Waals surface area contributed by atoms with Crippen LogP contribution in [-0.4, -0.2) is 31.5 Å².